The average Bonchev–Trinajstić information content (AvgIpc) is 3.53. The number of hydrogen-bond acceptors (Lipinski definition) is 9. The topological polar surface area (TPSA) is 120 Å². The molecule has 3 aliphatic rings. The van der Waals surface area contributed by atoms with Crippen LogP contribution in [0.25, 0.3) is 11.3 Å². The highest BCUT2D eigenvalue weighted by Crippen LogP contribution is 2.59. The number of hydrogen-bond donors (Lipinski definition) is 1. The standard InChI is InChI=1S/C26H27N3O7S/c1-33-20-11-15(25(30)35-3)12-21(34-2)23(20)37(31,32)28-24-18-14-26(7-8-26)19-6-5-16(29-9-4-10-29)13-17(19)22(18)36-27-24/h5-6,11-13H,4,7-10,14H2,1-3H3,(H,27,28). The molecule has 1 N–H and O–H groups in total. The first kappa shape index (κ1) is 23.7. The number of benzene rings is 2. The van der Waals surface area contributed by atoms with Gasteiger partial charge in [-0.05, 0) is 55.5 Å². The van der Waals surface area contributed by atoms with E-state index in [4.69, 9.17) is 18.7 Å². The zero-order chi connectivity index (χ0) is 25.9. The molecule has 10 nitrogen and oxygen atoms in total. The fraction of sp³-hybridized carbons (Fsp3) is 0.385. The zero-order valence-electron chi connectivity index (χ0n) is 20.8. The van der Waals surface area contributed by atoms with Crippen molar-refractivity contribution in [2.75, 3.05) is 44.0 Å². The van der Waals surface area contributed by atoms with Gasteiger partial charge in [0.2, 0.25) is 0 Å². The van der Waals surface area contributed by atoms with Crippen LogP contribution in [0.15, 0.2) is 39.8 Å². The first-order valence-electron chi connectivity index (χ1n) is 12.1. The molecule has 2 fully saturated rings. The van der Waals surface area contributed by atoms with Gasteiger partial charge >= 0.3 is 5.97 Å². The van der Waals surface area contributed by atoms with E-state index in [1.54, 1.807) is 0 Å². The Labute approximate surface area is 214 Å². The molecule has 3 aromatic rings. The number of rotatable bonds is 7. The molecule has 0 radical (unpaired) electrons. The summed E-state index contributed by atoms with van der Waals surface area (Å²) in [4.78, 5) is 14.1. The number of aromatic nitrogens is 1. The molecule has 0 atom stereocenters. The van der Waals surface area contributed by atoms with Crippen LogP contribution in [0.4, 0.5) is 11.5 Å². The summed E-state index contributed by atoms with van der Waals surface area (Å²) in [5.74, 6) is -0.0410. The summed E-state index contributed by atoms with van der Waals surface area (Å²) in [6, 6.07) is 9.08. The number of sulfonamides is 1. The summed E-state index contributed by atoms with van der Waals surface area (Å²) < 4.78 is 51.0. The average molecular weight is 526 g/mol. The fourth-order valence-electron chi connectivity index (χ4n) is 5.31. The van der Waals surface area contributed by atoms with Gasteiger partial charge in [0.1, 0.15) is 11.5 Å². The van der Waals surface area contributed by atoms with Crippen molar-refractivity contribution < 1.29 is 31.9 Å². The minimum absolute atomic E-state index is 0.0287. The number of fused-ring (bicyclic) bond motifs is 4. The maximum Gasteiger partial charge on any atom is 0.338 e. The first-order valence-corrected chi connectivity index (χ1v) is 13.5. The van der Waals surface area contributed by atoms with Crippen LogP contribution in [0, 0.1) is 0 Å². The second kappa shape index (κ2) is 8.41. The van der Waals surface area contributed by atoms with Gasteiger partial charge in [0.05, 0.1) is 26.9 Å². The zero-order valence-corrected chi connectivity index (χ0v) is 21.6. The summed E-state index contributed by atoms with van der Waals surface area (Å²) >= 11 is 0. The van der Waals surface area contributed by atoms with E-state index in [0.29, 0.717) is 12.2 Å². The van der Waals surface area contributed by atoms with Crippen molar-refractivity contribution in [1.29, 1.82) is 0 Å². The molecule has 1 saturated carbocycles. The summed E-state index contributed by atoms with van der Waals surface area (Å²) in [6.07, 6.45) is 3.86. The van der Waals surface area contributed by atoms with Crippen molar-refractivity contribution in [1.82, 2.24) is 5.16 Å². The van der Waals surface area contributed by atoms with E-state index in [2.05, 4.69) is 33.0 Å². The number of carbonyl (C=O) groups is 1. The van der Waals surface area contributed by atoms with Gasteiger partial charge in [-0.15, -0.1) is 0 Å². The summed E-state index contributed by atoms with van der Waals surface area (Å²) in [5.41, 5.74) is 4.14. The molecule has 194 valence electrons. The molecule has 11 heteroatoms. The van der Waals surface area contributed by atoms with E-state index in [1.165, 1.54) is 45.4 Å². The number of methoxy groups -OCH3 is 3. The Morgan fingerprint density at radius 3 is 2.35 bits per heavy atom. The van der Waals surface area contributed by atoms with Gasteiger partial charge in [0.25, 0.3) is 10.0 Å². The summed E-state index contributed by atoms with van der Waals surface area (Å²) in [5, 5.41) is 4.14. The third-order valence-corrected chi connectivity index (χ3v) is 8.98. The SMILES string of the molecule is COC(=O)c1cc(OC)c(S(=O)(=O)Nc2noc3c2CC2(CC2)c2ccc(N4CCC4)cc2-3)c(OC)c1. The summed E-state index contributed by atoms with van der Waals surface area (Å²) in [7, 11) is -0.379. The maximum absolute atomic E-state index is 13.6. The Kier molecular flexibility index (Phi) is 5.37. The lowest BCUT2D eigenvalue weighted by Gasteiger charge is -2.34. The molecule has 0 unspecified atom stereocenters. The van der Waals surface area contributed by atoms with Crippen molar-refractivity contribution in [3.63, 3.8) is 0 Å². The number of carbonyl (C=O) groups excluding carboxylic acids is 1. The minimum atomic E-state index is -4.24. The second-order valence-electron chi connectivity index (χ2n) is 9.67. The van der Waals surface area contributed by atoms with Crippen LogP contribution in [-0.2, 0) is 26.6 Å². The van der Waals surface area contributed by atoms with E-state index >= 15 is 0 Å². The van der Waals surface area contributed by atoms with Crippen molar-refractivity contribution in [2.45, 2.75) is 36.0 Å². The molecule has 2 aromatic carbocycles. The van der Waals surface area contributed by atoms with Gasteiger partial charge in [0.15, 0.2) is 16.5 Å². The highest BCUT2D eigenvalue weighted by molar-refractivity contribution is 7.93. The van der Waals surface area contributed by atoms with Crippen molar-refractivity contribution in [3.05, 3.63) is 47.0 Å². The monoisotopic (exact) mass is 525 g/mol. The van der Waals surface area contributed by atoms with Gasteiger partial charge < -0.3 is 23.6 Å². The van der Waals surface area contributed by atoms with Crippen LogP contribution in [0.5, 0.6) is 11.5 Å². The van der Waals surface area contributed by atoms with Gasteiger partial charge in [0, 0.05) is 35.3 Å². The van der Waals surface area contributed by atoms with Gasteiger partial charge in [-0.1, -0.05) is 11.2 Å². The van der Waals surface area contributed by atoms with E-state index in [1.807, 2.05) is 0 Å². The third-order valence-electron chi connectivity index (χ3n) is 7.58. The van der Waals surface area contributed by atoms with Crippen molar-refractivity contribution >= 4 is 27.5 Å². The molecule has 1 aromatic heterocycles. The van der Waals surface area contributed by atoms with Crippen LogP contribution in [-0.4, -0.2) is 54.0 Å². The minimum Gasteiger partial charge on any atom is -0.495 e. The number of nitrogens with zero attached hydrogens (tertiary/aromatic N) is 2. The number of esters is 1. The molecule has 1 saturated heterocycles. The Morgan fingerprint density at radius 1 is 1.08 bits per heavy atom. The molecule has 0 bridgehead atoms. The quantitative estimate of drug-likeness (QED) is 0.460. The van der Waals surface area contributed by atoms with Crippen LogP contribution < -0.4 is 19.1 Å². The lowest BCUT2D eigenvalue weighted by Crippen LogP contribution is -2.37. The van der Waals surface area contributed by atoms with Gasteiger partial charge in [-0.2, -0.15) is 0 Å². The molecule has 0 amide bonds. The second-order valence-corrected chi connectivity index (χ2v) is 11.3. The molecule has 2 heterocycles. The van der Waals surface area contributed by atoms with Crippen molar-refractivity contribution in [3.8, 4) is 22.8 Å². The molecule has 1 aliphatic heterocycles. The van der Waals surface area contributed by atoms with E-state index in [-0.39, 0.29) is 33.2 Å². The van der Waals surface area contributed by atoms with E-state index in [0.717, 1.165) is 42.7 Å². The molecular weight excluding hydrogens is 498 g/mol. The van der Waals surface area contributed by atoms with E-state index < -0.39 is 16.0 Å². The van der Waals surface area contributed by atoms with Gasteiger partial charge in [-0.3, -0.25) is 4.72 Å². The highest BCUT2D eigenvalue weighted by Gasteiger charge is 2.51. The molecule has 6 rings (SSSR count). The lowest BCUT2D eigenvalue weighted by atomic mass is 9.79. The largest absolute Gasteiger partial charge is 0.495 e. The predicted molar refractivity (Wildman–Crippen MR) is 135 cm³/mol. The number of nitrogens with one attached hydrogen (secondary N) is 1. The van der Waals surface area contributed by atoms with Crippen LogP contribution in [0.1, 0.15) is 40.7 Å². The lowest BCUT2D eigenvalue weighted by molar-refractivity contribution is 0.0599. The van der Waals surface area contributed by atoms with Crippen LogP contribution >= 0.6 is 0 Å². The maximum atomic E-state index is 13.6. The van der Waals surface area contributed by atoms with Gasteiger partial charge in [-0.25, -0.2) is 13.2 Å². The molecule has 37 heavy (non-hydrogen) atoms. The van der Waals surface area contributed by atoms with E-state index in [9.17, 15) is 13.2 Å². The highest BCUT2D eigenvalue weighted by atomic mass is 32.2. The first-order chi connectivity index (χ1) is 17.8. The fourth-order valence-corrected chi connectivity index (χ4v) is 6.64. The number of anilines is 2. The number of ether oxygens (including phenoxy) is 3. The third kappa shape index (κ3) is 3.71. The normalized spacial score (nSPS) is 16.9. The molecule has 2 aliphatic carbocycles. The Bertz CT molecular complexity index is 1500. The predicted octanol–water partition coefficient (Wildman–Crippen LogP) is 3.74. The Morgan fingerprint density at radius 2 is 1.78 bits per heavy atom. The van der Waals surface area contributed by atoms with Crippen LogP contribution in [0.3, 0.4) is 0 Å². The Hall–Kier alpha value is -3.73. The summed E-state index contributed by atoms with van der Waals surface area (Å²) in [6.45, 7) is 2.05. The molecular formula is C26H27N3O7S. The van der Waals surface area contributed by atoms with Crippen molar-refractivity contribution in [2.24, 2.45) is 0 Å². The molecule has 1 spiro atoms. The smallest absolute Gasteiger partial charge is 0.338 e. The Balaban J connectivity index is 1.40. The van der Waals surface area contributed by atoms with Crippen LogP contribution in [0.2, 0.25) is 0 Å².